The molecule has 96 valence electrons. The molecule has 1 aromatic heterocycles. The number of nitrogens with two attached hydrogens (primary N) is 1. The van der Waals surface area contributed by atoms with Crippen molar-refractivity contribution in [3.05, 3.63) is 42.5 Å². The van der Waals surface area contributed by atoms with E-state index in [0.717, 1.165) is 29.0 Å². The summed E-state index contributed by atoms with van der Waals surface area (Å²) in [7, 11) is 0. The maximum absolute atomic E-state index is 9.74. The van der Waals surface area contributed by atoms with Crippen molar-refractivity contribution in [2.24, 2.45) is 0 Å². The summed E-state index contributed by atoms with van der Waals surface area (Å²) in [6.45, 7) is 2.90. The van der Waals surface area contributed by atoms with Gasteiger partial charge in [0, 0.05) is 12.1 Å². The number of phenols is 1. The number of rotatable bonds is 2. The molecule has 0 spiro atoms. The molecule has 3 rings (SSSR count). The quantitative estimate of drug-likeness (QED) is 0.545. The third-order valence-corrected chi connectivity index (χ3v) is 3.26. The van der Waals surface area contributed by atoms with Crippen LogP contribution < -0.4 is 5.73 Å². The number of phenolic OH excluding ortho intramolecular Hbond substituents is 1. The van der Waals surface area contributed by atoms with Gasteiger partial charge in [0.05, 0.1) is 16.7 Å². The zero-order valence-electron chi connectivity index (χ0n) is 10.7. The minimum absolute atomic E-state index is 0.0900. The lowest BCUT2D eigenvalue weighted by molar-refractivity contribution is 0.478. The average Bonchev–Trinajstić information content (AvgIpc) is 2.80. The largest absolute Gasteiger partial charge is 0.506 e. The fourth-order valence-corrected chi connectivity index (χ4v) is 2.30. The second-order valence-electron chi connectivity index (χ2n) is 4.44. The Morgan fingerprint density at radius 1 is 1.21 bits per heavy atom. The van der Waals surface area contributed by atoms with Gasteiger partial charge < -0.3 is 15.4 Å². The van der Waals surface area contributed by atoms with Crippen molar-refractivity contribution in [3.8, 4) is 17.1 Å². The fraction of sp³-hybridized carbons (Fsp3) is 0.133. The van der Waals surface area contributed by atoms with E-state index in [1.165, 1.54) is 0 Å². The van der Waals surface area contributed by atoms with Crippen LogP contribution in [0.25, 0.3) is 22.4 Å². The number of benzene rings is 2. The molecule has 0 fully saturated rings. The summed E-state index contributed by atoms with van der Waals surface area (Å²) in [5.74, 6) is 0.936. The first-order chi connectivity index (χ1) is 9.20. The summed E-state index contributed by atoms with van der Waals surface area (Å²) >= 11 is 0. The highest BCUT2D eigenvalue weighted by molar-refractivity contribution is 5.81. The molecule has 4 nitrogen and oxygen atoms in total. The highest BCUT2D eigenvalue weighted by Gasteiger charge is 2.12. The molecule has 0 aliphatic carbocycles. The van der Waals surface area contributed by atoms with E-state index in [1.54, 1.807) is 12.1 Å². The number of para-hydroxylation sites is 2. The number of nitrogens with zero attached hydrogens (tertiary/aromatic N) is 2. The molecule has 1 heterocycles. The van der Waals surface area contributed by atoms with Crippen LogP contribution >= 0.6 is 0 Å². The summed E-state index contributed by atoms with van der Waals surface area (Å²) in [6.07, 6.45) is 0. The molecule has 0 aliphatic rings. The molecule has 0 saturated carbocycles. The summed E-state index contributed by atoms with van der Waals surface area (Å²) in [5.41, 5.74) is 8.93. The Bertz CT molecular complexity index is 746. The molecular weight excluding hydrogens is 238 g/mol. The van der Waals surface area contributed by atoms with Gasteiger partial charge in [-0.1, -0.05) is 12.1 Å². The summed E-state index contributed by atoms with van der Waals surface area (Å²) in [4.78, 5) is 4.64. The van der Waals surface area contributed by atoms with Crippen LogP contribution in [-0.2, 0) is 6.54 Å². The summed E-state index contributed by atoms with van der Waals surface area (Å²) in [5, 5.41) is 9.74. The topological polar surface area (TPSA) is 64.1 Å². The van der Waals surface area contributed by atoms with Crippen LogP contribution in [0, 0.1) is 0 Å². The summed E-state index contributed by atoms with van der Waals surface area (Å²) < 4.78 is 2.13. The van der Waals surface area contributed by atoms with Crippen LogP contribution in [0.15, 0.2) is 42.5 Å². The van der Waals surface area contributed by atoms with Gasteiger partial charge in [-0.25, -0.2) is 4.98 Å². The third kappa shape index (κ3) is 1.81. The Kier molecular flexibility index (Phi) is 2.63. The van der Waals surface area contributed by atoms with Gasteiger partial charge in [-0.05, 0) is 37.3 Å². The SMILES string of the molecule is CCn1c(-c2ccc(N)c(O)c2)nc2ccccc21. The van der Waals surface area contributed by atoms with Gasteiger partial charge in [0.1, 0.15) is 11.6 Å². The number of anilines is 1. The Labute approximate surface area is 111 Å². The maximum Gasteiger partial charge on any atom is 0.141 e. The number of aryl methyl sites for hydroxylation is 1. The maximum atomic E-state index is 9.74. The van der Waals surface area contributed by atoms with Gasteiger partial charge >= 0.3 is 0 Å². The lowest BCUT2D eigenvalue weighted by Gasteiger charge is -2.07. The molecule has 0 radical (unpaired) electrons. The second kappa shape index (κ2) is 4.31. The fourth-order valence-electron chi connectivity index (χ4n) is 2.30. The molecule has 19 heavy (non-hydrogen) atoms. The zero-order chi connectivity index (χ0) is 13.4. The predicted octanol–water partition coefficient (Wildman–Crippen LogP) is 3.01. The number of imidazole rings is 1. The van der Waals surface area contributed by atoms with Gasteiger partial charge in [-0.2, -0.15) is 0 Å². The Hall–Kier alpha value is -2.49. The number of aromatic nitrogens is 2. The predicted molar refractivity (Wildman–Crippen MR) is 76.9 cm³/mol. The van der Waals surface area contributed by atoms with E-state index in [2.05, 4.69) is 16.5 Å². The first-order valence-electron chi connectivity index (χ1n) is 6.25. The number of hydrogen-bond donors (Lipinski definition) is 2. The molecule has 0 saturated heterocycles. The van der Waals surface area contributed by atoms with Crippen molar-refractivity contribution in [1.82, 2.24) is 9.55 Å². The standard InChI is InChI=1S/C15H15N3O/c1-2-18-13-6-4-3-5-12(13)17-15(18)10-7-8-11(16)14(19)9-10/h3-9,19H,2,16H2,1H3. The van der Waals surface area contributed by atoms with Crippen LogP contribution in [0.3, 0.4) is 0 Å². The number of aromatic hydroxyl groups is 1. The normalized spacial score (nSPS) is 11.0. The van der Waals surface area contributed by atoms with Gasteiger partial charge in [0.25, 0.3) is 0 Å². The number of hydrogen-bond acceptors (Lipinski definition) is 3. The monoisotopic (exact) mass is 253 g/mol. The zero-order valence-corrected chi connectivity index (χ0v) is 10.7. The van der Waals surface area contributed by atoms with Crippen LogP contribution in [0.5, 0.6) is 5.75 Å². The van der Waals surface area contributed by atoms with Gasteiger partial charge in [-0.15, -0.1) is 0 Å². The highest BCUT2D eigenvalue weighted by Crippen LogP contribution is 2.29. The minimum atomic E-state index is 0.0900. The van der Waals surface area contributed by atoms with Crippen LogP contribution in [0.2, 0.25) is 0 Å². The van der Waals surface area contributed by atoms with Gasteiger partial charge in [-0.3, -0.25) is 0 Å². The van der Waals surface area contributed by atoms with E-state index in [0.29, 0.717) is 5.69 Å². The van der Waals surface area contributed by atoms with Crippen molar-refractivity contribution in [1.29, 1.82) is 0 Å². The van der Waals surface area contributed by atoms with E-state index in [-0.39, 0.29) is 5.75 Å². The number of fused-ring (bicyclic) bond motifs is 1. The van der Waals surface area contributed by atoms with E-state index < -0.39 is 0 Å². The van der Waals surface area contributed by atoms with Crippen molar-refractivity contribution in [2.45, 2.75) is 13.5 Å². The smallest absolute Gasteiger partial charge is 0.141 e. The third-order valence-electron chi connectivity index (χ3n) is 3.26. The van der Waals surface area contributed by atoms with Crippen molar-refractivity contribution in [2.75, 3.05) is 5.73 Å². The van der Waals surface area contributed by atoms with Crippen LogP contribution in [0.1, 0.15) is 6.92 Å². The number of nitrogen functional groups attached to an aromatic ring is 1. The molecule has 0 amide bonds. The van der Waals surface area contributed by atoms with Crippen molar-refractivity contribution < 1.29 is 5.11 Å². The molecule has 3 N–H and O–H groups in total. The first kappa shape index (κ1) is 11.6. The Morgan fingerprint density at radius 3 is 2.74 bits per heavy atom. The minimum Gasteiger partial charge on any atom is -0.506 e. The molecular formula is C15H15N3O. The average molecular weight is 253 g/mol. The summed E-state index contributed by atoms with van der Waals surface area (Å²) in [6, 6.07) is 13.2. The van der Waals surface area contributed by atoms with Gasteiger partial charge in [0.15, 0.2) is 0 Å². The lowest BCUT2D eigenvalue weighted by atomic mass is 10.2. The van der Waals surface area contributed by atoms with Crippen molar-refractivity contribution in [3.63, 3.8) is 0 Å². The van der Waals surface area contributed by atoms with E-state index in [9.17, 15) is 5.11 Å². The second-order valence-corrected chi connectivity index (χ2v) is 4.44. The Morgan fingerprint density at radius 2 is 2.00 bits per heavy atom. The molecule has 0 unspecified atom stereocenters. The molecule has 0 bridgehead atoms. The molecule has 3 aromatic rings. The van der Waals surface area contributed by atoms with E-state index >= 15 is 0 Å². The molecule has 2 aromatic carbocycles. The van der Waals surface area contributed by atoms with E-state index in [1.807, 2.05) is 30.3 Å². The van der Waals surface area contributed by atoms with Crippen molar-refractivity contribution >= 4 is 16.7 Å². The van der Waals surface area contributed by atoms with E-state index in [4.69, 9.17) is 5.73 Å². The van der Waals surface area contributed by atoms with Crippen LogP contribution in [-0.4, -0.2) is 14.7 Å². The molecule has 0 atom stereocenters. The lowest BCUT2D eigenvalue weighted by Crippen LogP contribution is -1.97. The first-order valence-corrected chi connectivity index (χ1v) is 6.25. The molecule has 4 heteroatoms. The van der Waals surface area contributed by atoms with Crippen LogP contribution in [0.4, 0.5) is 5.69 Å². The highest BCUT2D eigenvalue weighted by atomic mass is 16.3. The molecule has 0 aliphatic heterocycles. The van der Waals surface area contributed by atoms with Gasteiger partial charge in [0.2, 0.25) is 0 Å². The Balaban J connectivity index is 2.26.